The molecule has 0 bridgehead atoms. The minimum Gasteiger partial charge on any atom is -0.298 e. The molecular formula is C8H16FN. The van der Waals surface area contributed by atoms with Crippen LogP contribution in [0.1, 0.15) is 20.8 Å². The highest BCUT2D eigenvalue weighted by molar-refractivity contribution is 4.82. The van der Waals surface area contributed by atoms with E-state index >= 15 is 0 Å². The molecule has 1 aliphatic rings. The van der Waals surface area contributed by atoms with Crippen molar-refractivity contribution in [3.05, 3.63) is 0 Å². The van der Waals surface area contributed by atoms with E-state index in [0.717, 1.165) is 6.54 Å². The fourth-order valence-corrected chi connectivity index (χ4v) is 1.38. The summed E-state index contributed by atoms with van der Waals surface area (Å²) in [5.74, 6) is 0.238. The molecule has 0 aromatic rings. The van der Waals surface area contributed by atoms with Crippen LogP contribution < -0.4 is 0 Å². The van der Waals surface area contributed by atoms with Gasteiger partial charge in [0.15, 0.2) is 0 Å². The van der Waals surface area contributed by atoms with Crippen molar-refractivity contribution < 1.29 is 4.39 Å². The van der Waals surface area contributed by atoms with E-state index in [1.807, 2.05) is 6.92 Å². The van der Waals surface area contributed by atoms with Gasteiger partial charge in [-0.2, -0.15) is 0 Å². The largest absolute Gasteiger partial charge is 0.298 e. The maximum Gasteiger partial charge on any atom is 0.116 e. The molecule has 0 amide bonds. The van der Waals surface area contributed by atoms with Gasteiger partial charge < -0.3 is 0 Å². The molecule has 10 heavy (non-hydrogen) atoms. The van der Waals surface area contributed by atoms with Gasteiger partial charge in [-0.15, -0.1) is 0 Å². The van der Waals surface area contributed by atoms with Crippen molar-refractivity contribution in [3.8, 4) is 0 Å². The van der Waals surface area contributed by atoms with Gasteiger partial charge in [-0.25, -0.2) is 4.39 Å². The van der Waals surface area contributed by atoms with Gasteiger partial charge in [0.1, 0.15) is 6.17 Å². The number of likely N-dealkylation sites (tertiary alicyclic amines) is 1. The van der Waals surface area contributed by atoms with Crippen LogP contribution in [-0.2, 0) is 0 Å². The third-order valence-corrected chi connectivity index (χ3v) is 2.28. The molecule has 1 saturated heterocycles. The molecule has 2 heteroatoms. The third kappa shape index (κ3) is 1.48. The van der Waals surface area contributed by atoms with Crippen LogP contribution in [0, 0.1) is 5.92 Å². The Morgan fingerprint density at radius 3 is 2.20 bits per heavy atom. The number of nitrogens with zero attached hydrogens (tertiary/aromatic N) is 1. The lowest BCUT2D eigenvalue weighted by molar-refractivity contribution is 0.245. The van der Waals surface area contributed by atoms with Crippen LogP contribution in [0.25, 0.3) is 0 Å². The SMILES string of the molecule is CC(C)N1CC(F)[C@H](C)C1. The highest BCUT2D eigenvalue weighted by Crippen LogP contribution is 2.20. The van der Waals surface area contributed by atoms with Gasteiger partial charge in [0, 0.05) is 25.0 Å². The average Bonchev–Trinajstić information content (AvgIpc) is 2.13. The Bertz CT molecular complexity index is 104. The molecule has 0 spiro atoms. The van der Waals surface area contributed by atoms with E-state index in [-0.39, 0.29) is 5.92 Å². The molecule has 1 rings (SSSR count). The average molecular weight is 145 g/mol. The highest BCUT2D eigenvalue weighted by atomic mass is 19.1. The first-order chi connectivity index (χ1) is 4.61. The molecule has 2 atom stereocenters. The smallest absolute Gasteiger partial charge is 0.116 e. The van der Waals surface area contributed by atoms with Crippen molar-refractivity contribution in [2.45, 2.75) is 33.0 Å². The van der Waals surface area contributed by atoms with Crippen molar-refractivity contribution in [1.29, 1.82) is 0 Å². The number of hydrogen-bond donors (Lipinski definition) is 0. The lowest BCUT2D eigenvalue weighted by Crippen LogP contribution is -2.28. The summed E-state index contributed by atoms with van der Waals surface area (Å²) in [6.07, 6.45) is -0.595. The van der Waals surface area contributed by atoms with Crippen molar-refractivity contribution >= 4 is 0 Å². The summed E-state index contributed by atoms with van der Waals surface area (Å²) in [6, 6.07) is 0.503. The molecule has 1 nitrogen and oxygen atoms in total. The van der Waals surface area contributed by atoms with E-state index in [1.54, 1.807) is 0 Å². The summed E-state index contributed by atoms with van der Waals surface area (Å²) >= 11 is 0. The Balaban J connectivity index is 2.41. The van der Waals surface area contributed by atoms with E-state index in [9.17, 15) is 4.39 Å². The predicted octanol–water partition coefficient (Wildman–Crippen LogP) is 1.68. The molecule has 60 valence electrons. The summed E-state index contributed by atoms with van der Waals surface area (Å²) in [4.78, 5) is 2.19. The van der Waals surface area contributed by atoms with E-state index in [4.69, 9.17) is 0 Å². The highest BCUT2D eigenvalue weighted by Gasteiger charge is 2.30. The van der Waals surface area contributed by atoms with Crippen LogP contribution in [0.3, 0.4) is 0 Å². The monoisotopic (exact) mass is 145 g/mol. The molecule has 1 aliphatic heterocycles. The van der Waals surface area contributed by atoms with Gasteiger partial charge in [0.05, 0.1) is 0 Å². The van der Waals surface area contributed by atoms with Crippen LogP contribution >= 0.6 is 0 Å². The Morgan fingerprint density at radius 2 is 2.00 bits per heavy atom. The Labute approximate surface area is 62.2 Å². The minimum absolute atomic E-state index is 0.238. The summed E-state index contributed by atoms with van der Waals surface area (Å²) in [7, 11) is 0. The fraction of sp³-hybridized carbons (Fsp3) is 1.00. The van der Waals surface area contributed by atoms with Gasteiger partial charge in [-0.05, 0) is 13.8 Å². The molecule has 0 aliphatic carbocycles. The first-order valence-corrected chi connectivity index (χ1v) is 3.99. The predicted molar refractivity (Wildman–Crippen MR) is 40.8 cm³/mol. The second kappa shape index (κ2) is 2.87. The van der Waals surface area contributed by atoms with Crippen molar-refractivity contribution in [2.24, 2.45) is 5.92 Å². The van der Waals surface area contributed by atoms with Gasteiger partial charge in [-0.1, -0.05) is 6.92 Å². The summed E-state index contributed by atoms with van der Waals surface area (Å²) < 4.78 is 12.9. The van der Waals surface area contributed by atoms with Crippen molar-refractivity contribution in [1.82, 2.24) is 4.90 Å². The summed E-state index contributed by atoms with van der Waals surface area (Å²) in [5.41, 5.74) is 0. The molecule has 0 N–H and O–H groups in total. The minimum atomic E-state index is -0.595. The van der Waals surface area contributed by atoms with Crippen molar-refractivity contribution in [2.75, 3.05) is 13.1 Å². The van der Waals surface area contributed by atoms with Gasteiger partial charge >= 0.3 is 0 Å². The first-order valence-electron chi connectivity index (χ1n) is 3.99. The molecular weight excluding hydrogens is 129 g/mol. The number of halogens is 1. The Hall–Kier alpha value is -0.110. The van der Waals surface area contributed by atoms with Gasteiger partial charge in [-0.3, -0.25) is 4.90 Å². The maximum atomic E-state index is 12.9. The van der Waals surface area contributed by atoms with E-state index in [2.05, 4.69) is 18.7 Å². The van der Waals surface area contributed by atoms with Crippen LogP contribution in [0.15, 0.2) is 0 Å². The van der Waals surface area contributed by atoms with E-state index < -0.39 is 6.17 Å². The maximum absolute atomic E-state index is 12.9. The van der Waals surface area contributed by atoms with E-state index in [1.165, 1.54) is 0 Å². The van der Waals surface area contributed by atoms with Crippen LogP contribution in [0.5, 0.6) is 0 Å². The molecule has 0 radical (unpaired) electrons. The number of rotatable bonds is 1. The number of alkyl halides is 1. The summed E-state index contributed by atoms with van der Waals surface area (Å²) in [5, 5.41) is 0. The normalized spacial score (nSPS) is 35.7. The quantitative estimate of drug-likeness (QED) is 0.542. The fourth-order valence-electron chi connectivity index (χ4n) is 1.38. The van der Waals surface area contributed by atoms with Crippen LogP contribution in [0.2, 0.25) is 0 Å². The zero-order valence-corrected chi connectivity index (χ0v) is 6.97. The van der Waals surface area contributed by atoms with Gasteiger partial charge in [0.25, 0.3) is 0 Å². The first kappa shape index (κ1) is 7.99. The lowest BCUT2D eigenvalue weighted by atomic mass is 10.1. The van der Waals surface area contributed by atoms with Crippen LogP contribution in [0.4, 0.5) is 4.39 Å². The third-order valence-electron chi connectivity index (χ3n) is 2.28. The Kier molecular flexibility index (Phi) is 2.29. The molecule has 1 heterocycles. The van der Waals surface area contributed by atoms with E-state index in [0.29, 0.717) is 12.6 Å². The zero-order valence-electron chi connectivity index (χ0n) is 6.97. The van der Waals surface area contributed by atoms with Gasteiger partial charge in [0.2, 0.25) is 0 Å². The van der Waals surface area contributed by atoms with Crippen molar-refractivity contribution in [3.63, 3.8) is 0 Å². The molecule has 0 aromatic carbocycles. The molecule has 1 unspecified atom stereocenters. The summed E-state index contributed by atoms with van der Waals surface area (Å²) in [6.45, 7) is 7.78. The second-order valence-electron chi connectivity index (χ2n) is 3.54. The lowest BCUT2D eigenvalue weighted by Gasteiger charge is -2.18. The number of hydrogen-bond acceptors (Lipinski definition) is 1. The molecule has 1 fully saturated rings. The second-order valence-corrected chi connectivity index (χ2v) is 3.54. The van der Waals surface area contributed by atoms with Crippen LogP contribution in [-0.4, -0.2) is 30.2 Å². The molecule has 0 aromatic heterocycles. The standard InChI is InChI=1S/C8H16FN/c1-6(2)10-4-7(3)8(9)5-10/h6-8H,4-5H2,1-3H3/t7-,8?/m1/s1. The zero-order chi connectivity index (χ0) is 7.72. The molecule has 0 saturated carbocycles. The Morgan fingerprint density at radius 1 is 1.40 bits per heavy atom. The topological polar surface area (TPSA) is 3.24 Å².